The first-order chi connectivity index (χ1) is 7.58. The number of aryl methyl sites for hydroxylation is 2. The molecule has 1 aliphatic rings. The normalized spacial score (nSPS) is 17.9. The van der Waals surface area contributed by atoms with Gasteiger partial charge in [-0.15, -0.1) is 0 Å². The van der Waals surface area contributed by atoms with E-state index < -0.39 is 0 Å². The highest BCUT2D eigenvalue weighted by Crippen LogP contribution is 2.29. The third-order valence-electron chi connectivity index (χ3n) is 3.41. The molecule has 0 saturated carbocycles. The number of rotatable bonds is 1. The van der Waals surface area contributed by atoms with Crippen molar-refractivity contribution < 1.29 is 0 Å². The first-order valence-corrected chi connectivity index (χ1v) is 6.16. The highest BCUT2D eigenvalue weighted by atomic mass is 35.5. The van der Waals surface area contributed by atoms with Crippen LogP contribution in [0, 0.1) is 13.8 Å². The van der Waals surface area contributed by atoms with Gasteiger partial charge in [0.25, 0.3) is 0 Å². The summed E-state index contributed by atoms with van der Waals surface area (Å²) in [6.45, 7) is 8.62. The molecule has 88 valence electrons. The van der Waals surface area contributed by atoms with Gasteiger partial charge in [-0.1, -0.05) is 11.6 Å². The standard InChI is InChI=1S/C13H19ClN2/c1-10-8-12(14)13(9-11(10)2)16-6-4-15(3)5-7-16/h8-9H,4-7H2,1-3H3. The molecule has 0 aliphatic carbocycles. The fourth-order valence-electron chi connectivity index (χ4n) is 2.06. The first-order valence-electron chi connectivity index (χ1n) is 5.78. The van der Waals surface area contributed by atoms with E-state index in [0.717, 1.165) is 31.2 Å². The zero-order valence-corrected chi connectivity index (χ0v) is 11.0. The van der Waals surface area contributed by atoms with E-state index in [1.165, 1.54) is 16.8 Å². The number of nitrogens with zero attached hydrogens (tertiary/aromatic N) is 2. The van der Waals surface area contributed by atoms with E-state index in [4.69, 9.17) is 11.6 Å². The van der Waals surface area contributed by atoms with E-state index in [1.54, 1.807) is 0 Å². The van der Waals surface area contributed by atoms with Crippen molar-refractivity contribution in [3.63, 3.8) is 0 Å². The van der Waals surface area contributed by atoms with Crippen molar-refractivity contribution in [1.29, 1.82) is 0 Å². The monoisotopic (exact) mass is 238 g/mol. The second kappa shape index (κ2) is 4.64. The zero-order chi connectivity index (χ0) is 11.7. The van der Waals surface area contributed by atoms with Crippen molar-refractivity contribution in [2.24, 2.45) is 0 Å². The highest BCUT2D eigenvalue weighted by molar-refractivity contribution is 6.33. The lowest BCUT2D eigenvalue weighted by molar-refractivity contribution is 0.313. The van der Waals surface area contributed by atoms with Crippen LogP contribution >= 0.6 is 11.6 Å². The molecule has 0 aromatic heterocycles. The zero-order valence-electron chi connectivity index (χ0n) is 10.3. The Morgan fingerprint density at radius 3 is 2.19 bits per heavy atom. The van der Waals surface area contributed by atoms with Crippen LogP contribution in [0.1, 0.15) is 11.1 Å². The Kier molecular flexibility index (Phi) is 3.41. The Balaban J connectivity index is 2.23. The minimum atomic E-state index is 0.882. The second-order valence-corrected chi connectivity index (χ2v) is 5.09. The molecule has 1 saturated heterocycles. The fraction of sp³-hybridized carbons (Fsp3) is 0.538. The van der Waals surface area contributed by atoms with Crippen molar-refractivity contribution in [1.82, 2.24) is 4.90 Å². The summed E-state index contributed by atoms with van der Waals surface area (Å²) in [5.41, 5.74) is 3.78. The summed E-state index contributed by atoms with van der Waals surface area (Å²) >= 11 is 6.32. The summed E-state index contributed by atoms with van der Waals surface area (Å²) in [5, 5.41) is 0.882. The maximum Gasteiger partial charge on any atom is 0.0642 e. The minimum absolute atomic E-state index is 0.882. The predicted octanol–water partition coefficient (Wildman–Crippen LogP) is 2.71. The summed E-state index contributed by atoms with van der Waals surface area (Å²) in [7, 11) is 2.17. The second-order valence-electron chi connectivity index (χ2n) is 4.68. The van der Waals surface area contributed by atoms with Crippen molar-refractivity contribution in [3.05, 3.63) is 28.3 Å². The van der Waals surface area contributed by atoms with E-state index in [0.29, 0.717) is 0 Å². The van der Waals surface area contributed by atoms with Gasteiger partial charge in [-0.3, -0.25) is 0 Å². The van der Waals surface area contributed by atoms with E-state index in [-0.39, 0.29) is 0 Å². The molecule has 0 spiro atoms. The van der Waals surface area contributed by atoms with E-state index in [9.17, 15) is 0 Å². The van der Waals surface area contributed by atoms with Crippen LogP contribution in [-0.2, 0) is 0 Å². The van der Waals surface area contributed by atoms with Gasteiger partial charge in [0.2, 0.25) is 0 Å². The van der Waals surface area contributed by atoms with Crippen molar-refractivity contribution in [2.45, 2.75) is 13.8 Å². The molecule has 1 aromatic carbocycles. The van der Waals surface area contributed by atoms with Gasteiger partial charge in [0.1, 0.15) is 0 Å². The van der Waals surface area contributed by atoms with Gasteiger partial charge in [-0.25, -0.2) is 0 Å². The smallest absolute Gasteiger partial charge is 0.0642 e. The molecule has 1 heterocycles. The number of likely N-dealkylation sites (N-methyl/N-ethyl adjacent to an activating group) is 1. The van der Waals surface area contributed by atoms with E-state index in [2.05, 4.69) is 42.8 Å². The maximum absolute atomic E-state index is 6.32. The number of anilines is 1. The molecule has 0 bridgehead atoms. The van der Waals surface area contributed by atoms with Crippen molar-refractivity contribution in [2.75, 3.05) is 38.1 Å². The third kappa shape index (κ3) is 2.33. The number of piperazine rings is 1. The van der Waals surface area contributed by atoms with Crippen LogP contribution in [0.15, 0.2) is 12.1 Å². The fourth-order valence-corrected chi connectivity index (χ4v) is 2.39. The van der Waals surface area contributed by atoms with Gasteiger partial charge in [-0.2, -0.15) is 0 Å². The molecule has 0 amide bonds. The van der Waals surface area contributed by atoms with Crippen LogP contribution in [0.3, 0.4) is 0 Å². The molecule has 16 heavy (non-hydrogen) atoms. The molecule has 1 aliphatic heterocycles. The molecule has 3 heteroatoms. The number of hydrogen-bond acceptors (Lipinski definition) is 2. The molecule has 2 nitrogen and oxygen atoms in total. The molecular weight excluding hydrogens is 220 g/mol. The van der Waals surface area contributed by atoms with Crippen LogP contribution in [-0.4, -0.2) is 38.1 Å². The lowest BCUT2D eigenvalue weighted by Gasteiger charge is -2.34. The minimum Gasteiger partial charge on any atom is -0.368 e. The molecule has 0 N–H and O–H groups in total. The quantitative estimate of drug-likeness (QED) is 0.743. The summed E-state index contributed by atoms with van der Waals surface area (Å²) < 4.78 is 0. The molecular formula is C13H19ClN2. The number of halogens is 1. The summed E-state index contributed by atoms with van der Waals surface area (Å²) in [4.78, 5) is 4.74. The average Bonchev–Trinajstić information content (AvgIpc) is 2.25. The Bertz CT molecular complexity index is 382. The molecule has 0 radical (unpaired) electrons. The van der Waals surface area contributed by atoms with E-state index in [1.807, 2.05) is 0 Å². The Hall–Kier alpha value is -0.730. The number of benzene rings is 1. The van der Waals surface area contributed by atoms with Gasteiger partial charge >= 0.3 is 0 Å². The van der Waals surface area contributed by atoms with Gasteiger partial charge in [0.15, 0.2) is 0 Å². The molecule has 1 aromatic rings. The predicted molar refractivity (Wildman–Crippen MR) is 70.6 cm³/mol. The summed E-state index contributed by atoms with van der Waals surface area (Å²) in [6, 6.07) is 4.29. The average molecular weight is 239 g/mol. The van der Waals surface area contributed by atoms with Crippen molar-refractivity contribution >= 4 is 17.3 Å². The first kappa shape index (κ1) is 11.7. The highest BCUT2D eigenvalue weighted by Gasteiger charge is 2.16. The Morgan fingerprint density at radius 1 is 1.00 bits per heavy atom. The van der Waals surface area contributed by atoms with Gasteiger partial charge in [0, 0.05) is 26.2 Å². The summed E-state index contributed by atoms with van der Waals surface area (Å²) in [6.07, 6.45) is 0. The topological polar surface area (TPSA) is 6.48 Å². The Labute approximate surface area is 103 Å². The van der Waals surface area contributed by atoms with Crippen LogP contribution in [0.4, 0.5) is 5.69 Å². The van der Waals surface area contributed by atoms with E-state index >= 15 is 0 Å². The molecule has 0 atom stereocenters. The van der Waals surface area contributed by atoms with Crippen LogP contribution in [0.2, 0.25) is 5.02 Å². The maximum atomic E-state index is 6.32. The van der Waals surface area contributed by atoms with Gasteiger partial charge in [0.05, 0.1) is 10.7 Å². The van der Waals surface area contributed by atoms with Crippen LogP contribution in [0.5, 0.6) is 0 Å². The Morgan fingerprint density at radius 2 is 1.56 bits per heavy atom. The largest absolute Gasteiger partial charge is 0.368 e. The lowest BCUT2D eigenvalue weighted by atomic mass is 10.1. The van der Waals surface area contributed by atoms with Crippen LogP contribution in [0.25, 0.3) is 0 Å². The summed E-state index contributed by atoms with van der Waals surface area (Å²) in [5.74, 6) is 0. The van der Waals surface area contributed by atoms with Crippen LogP contribution < -0.4 is 4.90 Å². The third-order valence-corrected chi connectivity index (χ3v) is 3.71. The molecule has 0 unspecified atom stereocenters. The SMILES string of the molecule is Cc1cc(Cl)c(N2CCN(C)CC2)cc1C. The lowest BCUT2D eigenvalue weighted by Crippen LogP contribution is -2.44. The molecule has 2 rings (SSSR count). The van der Waals surface area contributed by atoms with Gasteiger partial charge in [-0.05, 0) is 44.2 Å². The molecule has 1 fully saturated rings. The number of hydrogen-bond donors (Lipinski definition) is 0. The van der Waals surface area contributed by atoms with Gasteiger partial charge < -0.3 is 9.80 Å². The van der Waals surface area contributed by atoms with Crippen molar-refractivity contribution in [3.8, 4) is 0 Å².